The second-order valence-corrected chi connectivity index (χ2v) is 11.1. The number of aromatic nitrogens is 1. The zero-order chi connectivity index (χ0) is 22.7. The van der Waals surface area contributed by atoms with E-state index in [4.69, 9.17) is 4.74 Å². The number of piperidine rings is 1. The number of phenolic OH excluding ortho intramolecular Hbond substituents is 1. The van der Waals surface area contributed by atoms with Gasteiger partial charge in [0, 0.05) is 45.0 Å². The maximum Gasteiger partial charge on any atom is 0.161 e. The lowest BCUT2D eigenvalue weighted by Gasteiger charge is -2.64. The lowest BCUT2D eigenvalue weighted by Crippen LogP contribution is -2.67. The maximum atomic E-state index is 11.7. The fourth-order valence-corrected chi connectivity index (χ4v) is 8.64. The molecule has 4 nitrogen and oxygen atoms in total. The van der Waals surface area contributed by atoms with Crippen LogP contribution >= 0.6 is 0 Å². The highest BCUT2D eigenvalue weighted by Crippen LogP contribution is 2.76. The van der Waals surface area contributed by atoms with Gasteiger partial charge in [-0.3, -0.25) is 0 Å². The molecule has 4 aliphatic rings. The number of aromatic hydroxyl groups is 1. The van der Waals surface area contributed by atoms with Gasteiger partial charge in [-0.2, -0.15) is 0 Å². The molecule has 1 saturated carbocycles. The summed E-state index contributed by atoms with van der Waals surface area (Å²) in [4.78, 5) is 6.50. The maximum absolute atomic E-state index is 11.7. The first-order valence-electron chi connectivity index (χ1n) is 12.3. The first-order chi connectivity index (χ1) is 15.9. The number of hydrogen-bond donors (Lipinski definition) is 2. The fourth-order valence-electron chi connectivity index (χ4n) is 8.64. The zero-order valence-corrected chi connectivity index (χ0v) is 20.0. The van der Waals surface area contributed by atoms with E-state index in [9.17, 15) is 5.11 Å². The molecule has 1 aliphatic heterocycles. The topological polar surface area (TPSA) is 48.5 Å². The van der Waals surface area contributed by atoms with E-state index in [2.05, 4.69) is 61.1 Å². The van der Waals surface area contributed by atoms with Crippen molar-refractivity contribution >= 4 is 10.9 Å². The third-order valence-electron chi connectivity index (χ3n) is 9.84. The average Bonchev–Trinajstić information content (AvgIpc) is 3.27. The Balaban J connectivity index is 1.64. The average molecular weight is 441 g/mol. The van der Waals surface area contributed by atoms with Crippen LogP contribution in [0.1, 0.15) is 55.0 Å². The zero-order valence-electron chi connectivity index (χ0n) is 20.0. The predicted octanol–water partition coefficient (Wildman–Crippen LogP) is 5.45. The third kappa shape index (κ3) is 2.08. The van der Waals surface area contributed by atoms with Gasteiger partial charge >= 0.3 is 0 Å². The van der Waals surface area contributed by atoms with Gasteiger partial charge in [-0.05, 0) is 76.4 Å². The highest BCUT2D eigenvalue weighted by molar-refractivity contribution is 5.86. The first kappa shape index (κ1) is 19.7. The molecule has 0 radical (unpaired) electrons. The molecule has 1 saturated heterocycles. The molecule has 2 aromatic carbocycles. The molecule has 7 rings (SSSR count). The molecule has 2 N–H and O–H groups in total. The second-order valence-electron chi connectivity index (χ2n) is 11.1. The van der Waals surface area contributed by atoms with E-state index in [1.54, 1.807) is 12.7 Å². The van der Waals surface area contributed by atoms with E-state index in [1.165, 1.54) is 38.9 Å². The van der Waals surface area contributed by atoms with Crippen LogP contribution in [0.4, 0.5) is 0 Å². The lowest BCUT2D eigenvalue weighted by atomic mass is 9.44. The highest BCUT2D eigenvalue weighted by atomic mass is 16.5. The number of likely N-dealkylation sites (N-methyl/N-ethyl adjacent to an activating group) is 1. The minimum absolute atomic E-state index is 0.0755. The molecular formula is C29H32N2O2. The van der Waals surface area contributed by atoms with Gasteiger partial charge in [0.15, 0.2) is 11.5 Å². The van der Waals surface area contributed by atoms with Crippen LogP contribution in [0.3, 0.4) is 0 Å². The summed E-state index contributed by atoms with van der Waals surface area (Å²) in [6.07, 6.45) is 4.22. The minimum Gasteiger partial charge on any atom is -0.504 e. The molecule has 170 valence electrons. The second kappa shape index (κ2) is 6.24. The van der Waals surface area contributed by atoms with Crippen molar-refractivity contribution in [2.45, 2.75) is 56.9 Å². The van der Waals surface area contributed by atoms with Crippen LogP contribution in [0.2, 0.25) is 0 Å². The van der Waals surface area contributed by atoms with Crippen LogP contribution in [0.25, 0.3) is 10.9 Å². The Kier molecular flexibility index (Phi) is 3.73. The van der Waals surface area contributed by atoms with Crippen LogP contribution in [0.15, 0.2) is 47.5 Å². The summed E-state index contributed by atoms with van der Waals surface area (Å²) < 4.78 is 5.65. The quantitative estimate of drug-likeness (QED) is 0.495. The molecule has 33 heavy (non-hydrogen) atoms. The molecule has 4 heteroatoms. The number of likely N-dealkylation sites (tertiary alicyclic amines) is 1. The van der Waals surface area contributed by atoms with Crippen molar-refractivity contribution in [2.75, 3.05) is 20.7 Å². The van der Waals surface area contributed by atoms with Gasteiger partial charge in [0.1, 0.15) is 0 Å². The van der Waals surface area contributed by atoms with E-state index in [1.807, 2.05) is 6.07 Å². The minimum atomic E-state index is -0.114. The number of para-hydroxylation sites is 1. The summed E-state index contributed by atoms with van der Waals surface area (Å²) in [6, 6.07) is 13.4. The Bertz CT molecular complexity index is 1360. The van der Waals surface area contributed by atoms with Crippen LogP contribution in [-0.2, 0) is 18.3 Å². The number of aromatic amines is 1. The number of hydrogen-bond acceptors (Lipinski definition) is 3. The van der Waals surface area contributed by atoms with Gasteiger partial charge in [0.25, 0.3) is 0 Å². The first-order valence-corrected chi connectivity index (χ1v) is 12.3. The molecule has 1 aromatic heterocycles. The number of methoxy groups -OCH3 is 1. The predicted molar refractivity (Wildman–Crippen MR) is 131 cm³/mol. The van der Waals surface area contributed by atoms with Crippen molar-refractivity contribution in [1.29, 1.82) is 0 Å². The number of nitrogens with zero attached hydrogens (tertiary/aromatic N) is 1. The SMILES string of the molecule is COc1ccc2c(c1O)[C@]13CCN(C)C(C2)[C@@]12CC(=C(C)C)[C@@H]3c1[nH]c3ccccc3c1C2. The van der Waals surface area contributed by atoms with Crippen LogP contribution in [-0.4, -0.2) is 41.7 Å². The summed E-state index contributed by atoms with van der Waals surface area (Å²) in [6.45, 7) is 5.64. The van der Waals surface area contributed by atoms with Gasteiger partial charge in [-0.15, -0.1) is 0 Å². The number of fused-ring (bicyclic) bond motifs is 5. The van der Waals surface area contributed by atoms with Crippen molar-refractivity contribution in [3.05, 3.63) is 69.9 Å². The van der Waals surface area contributed by atoms with E-state index >= 15 is 0 Å². The van der Waals surface area contributed by atoms with E-state index in [0.717, 1.165) is 32.2 Å². The molecule has 0 amide bonds. The van der Waals surface area contributed by atoms with Crippen molar-refractivity contribution in [2.24, 2.45) is 5.41 Å². The van der Waals surface area contributed by atoms with E-state index < -0.39 is 0 Å². The van der Waals surface area contributed by atoms with Crippen molar-refractivity contribution < 1.29 is 9.84 Å². The molecule has 3 aliphatic carbocycles. The van der Waals surface area contributed by atoms with Gasteiger partial charge in [-0.1, -0.05) is 35.4 Å². The van der Waals surface area contributed by atoms with Gasteiger partial charge in [0.05, 0.1) is 7.11 Å². The van der Waals surface area contributed by atoms with Crippen molar-refractivity contribution in [3.8, 4) is 11.5 Å². The Hall–Kier alpha value is -2.72. The summed E-state index contributed by atoms with van der Waals surface area (Å²) in [5.41, 5.74) is 9.60. The molecule has 4 bridgehead atoms. The van der Waals surface area contributed by atoms with Gasteiger partial charge < -0.3 is 19.7 Å². The summed E-state index contributed by atoms with van der Waals surface area (Å²) in [7, 11) is 3.99. The lowest BCUT2D eigenvalue weighted by molar-refractivity contribution is -0.0508. The number of allylic oxidation sites excluding steroid dienone is 2. The standard InChI is InChI=1S/C29H32N2O2/c1-16(2)19-14-28-15-20-18-7-5-6-8-21(18)30-26(20)25(19)29(28)11-12-31(3)23(28)13-17-9-10-22(33-4)27(32)24(17)29/h5-10,23,25,30,32H,11-15H2,1-4H3/t23?,25-,28+,29+/m1/s1. The Morgan fingerprint density at radius 3 is 2.76 bits per heavy atom. The largest absolute Gasteiger partial charge is 0.504 e. The summed E-state index contributed by atoms with van der Waals surface area (Å²) in [5.74, 6) is 1.25. The molecular weight excluding hydrogens is 408 g/mol. The van der Waals surface area contributed by atoms with Crippen molar-refractivity contribution in [1.82, 2.24) is 9.88 Å². The molecule has 1 unspecified atom stereocenters. The normalized spacial score (nSPS) is 31.8. The van der Waals surface area contributed by atoms with Crippen LogP contribution in [0, 0.1) is 5.41 Å². The number of phenols is 1. The molecule has 2 fully saturated rings. The monoisotopic (exact) mass is 440 g/mol. The molecule has 4 atom stereocenters. The number of benzene rings is 2. The molecule has 2 heterocycles. The summed E-state index contributed by atoms with van der Waals surface area (Å²) >= 11 is 0. The van der Waals surface area contributed by atoms with E-state index in [-0.39, 0.29) is 16.7 Å². The van der Waals surface area contributed by atoms with E-state index in [0.29, 0.717) is 17.5 Å². The fraction of sp³-hybridized carbons (Fsp3) is 0.448. The van der Waals surface area contributed by atoms with Gasteiger partial charge in [-0.25, -0.2) is 0 Å². The smallest absolute Gasteiger partial charge is 0.161 e. The van der Waals surface area contributed by atoms with Crippen LogP contribution in [0.5, 0.6) is 11.5 Å². The number of ether oxygens (including phenoxy) is 1. The van der Waals surface area contributed by atoms with Crippen LogP contribution < -0.4 is 4.74 Å². The van der Waals surface area contributed by atoms with Crippen molar-refractivity contribution in [3.63, 3.8) is 0 Å². The molecule has 3 aromatic rings. The Morgan fingerprint density at radius 1 is 1.15 bits per heavy atom. The molecule has 0 spiro atoms. The Morgan fingerprint density at radius 2 is 1.97 bits per heavy atom. The number of H-pyrrole nitrogens is 1. The summed E-state index contributed by atoms with van der Waals surface area (Å²) in [5, 5.41) is 13.0. The third-order valence-corrected chi connectivity index (χ3v) is 9.84. The highest BCUT2D eigenvalue weighted by Gasteiger charge is 2.73. The number of nitrogens with one attached hydrogen (secondary N) is 1. The Labute approximate surface area is 195 Å². The number of rotatable bonds is 1. The van der Waals surface area contributed by atoms with Gasteiger partial charge in [0.2, 0.25) is 0 Å².